The normalized spacial score (nSPS) is 15.7. The van der Waals surface area contributed by atoms with Crippen molar-refractivity contribution in [3.63, 3.8) is 0 Å². The van der Waals surface area contributed by atoms with Crippen LogP contribution in [-0.4, -0.2) is 64.4 Å². The zero-order valence-electron chi connectivity index (χ0n) is 14.8. The van der Waals surface area contributed by atoms with Crippen LogP contribution in [0.25, 0.3) is 6.08 Å². The number of ether oxygens (including phenoxy) is 1. The molecule has 2 amide bonds. The molecule has 26 heavy (non-hydrogen) atoms. The molecule has 0 aliphatic carbocycles. The fourth-order valence-electron chi connectivity index (χ4n) is 2.49. The molecule has 2 rings (SSSR count). The van der Waals surface area contributed by atoms with E-state index in [4.69, 9.17) is 22.1 Å². The number of thioether (sulfide) groups is 1. The number of carbonyl (C=O) groups excluding carboxylic acids is 2. The van der Waals surface area contributed by atoms with Crippen molar-refractivity contribution in [3.8, 4) is 5.75 Å². The Balaban J connectivity index is 2.01. The number of aliphatic hydroxyl groups excluding tert-OH is 1. The standard InChI is InChI=1S/C18H22N2O4S2/c1-3-19(10-11-21)16(22)8-9-20-17(23)15(26-18(20)25)12-13-4-6-14(24-2)7-5-13/h4-7,12,21H,3,8-11H2,1-2H3. The van der Waals surface area contributed by atoms with Gasteiger partial charge in [-0.05, 0) is 30.7 Å². The lowest BCUT2D eigenvalue weighted by molar-refractivity contribution is -0.132. The van der Waals surface area contributed by atoms with Crippen LogP contribution in [0.15, 0.2) is 29.2 Å². The summed E-state index contributed by atoms with van der Waals surface area (Å²) < 4.78 is 5.57. The Labute approximate surface area is 162 Å². The molecule has 1 aliphatic heterocycles. The SMILES string of the molecule is CCN(CCO)C(=O)CCN1C(=O)C(=Cc2ccc(OC)cc2)SC1=S. The van der Waals surface area contributed by atoms with Crippen molar-refractivity contribution in [3.05, 3.63) is 34.7 Å². The summed E-state index contributed by atoms with van der Waals surface area (Å²) in [5.41, 5.74) is 0.877. The van der Waals surface area contributed by atoms with Gasteiger partial charge in [0.1, 0.15) is 10.1 Å². The average molecular weight is 395 g/mol. The molecule has 1 saturated heterocycles. The molecule has 1 fully saturated rings. The van der Waals surface area contributed by atoms with E-state index in [2.05, 4.69) is 0 Å². The fraction of sp³-hybridized carbons (Fsp3) is 0.389. The van der Waals surface area contributed by atoms with Crippen LogP contribution in [0.2, 0.25) is 0 Å². The van der Waals surface area contributed by atoms with Gasteiger partial charge in [-0.15, -0.1) is 0 Å². The molecule has 140 valence electrons. The van der Waals surface area contributed by atoms with E-state index in [1.54, 1.807) is 18.1 Å². The Hall–Kier alpha value is -1.90. The number of amides is 2. The Morgan fingerprint density at radius 2 is 2.08 bits per heavy atom. The molecule has 1 aromatic rings. The molecule has 1 aromatic carbocycles. The molecule has 1 heterocycles. The van der Waals surface area contributed by atoms with Crippen LogP contribution in [0.4, 0.5) is 0 Å². The predicted molar refractivity (Wildman–Crippen MR) is 107 cm³/mol. The van der Waals surface area contributed by atoms with E-state index in [1.165, 1.54) is 16.7 Å². The van der Waals surface area contributed by atoms with Gasteiger partial charge in [0.2, 0.25) is 5.91 Å². The largest absolute Gasteiger partial charge is 0.497 e. The van der Waals surface area contributed by atoms with E-state index in [9.17, 15) is 9.59 Å². The van der Waals surface area contributed by atoms with Crippen LogP contribution in [0.5, 0.6) is 5.75 Å². The summed E-state index contributed by atoms with van der Waals surface area (Å²) in [5, 5.41) is 8.99. The first-order valence-corrected chi connectivity index (χ1v) is 9.50. The van der Waals surface area contributed by atoms with Crippen molar-refractivity contribution in [1.82, 2.24) is 9.80 Å². The molecule has 0 radical (unpaired) electrons. The first kappa shape index (κ1) is 20.4. The van der Waals surface area contributed by atoms with Gasteiger partial charge in [0.05, 0.1) is 18.6 Å². The molecule has 0 spiro atoms. The zero-order valence-corrected chi connectivity index (χ0v) is 16.4. The minimum Gasteiger partial charge on any atom is -0.497 e. The van der Waals surface area contributed by atoms with Gasteiger partial charge in [-0.1, -0.05) is 36.1 Å². The van der Waals surface area contributed by atoms with Crippen molar-refractivity contribution < 1.29 is 19.4 Å². The van der Waals surface area contributed by atoms with Gasteiger partial charge in [-0.2, -0.15) is 0 Å². The molecule has 0 atom stereocenters. The molecule has 8 heteroatoms. The van der Waals surface area contributed by atoms with Gasteiger partial charge in [0.25, 0.3) is 5.91 Å². The predicted octanol–water partition coefficient (Wildman–Crippen LogP) is 2.13. The molecule has 0 bridgehead atoms. The second-order valence-corrected chi connectivity index (χ2v) is 7.23. The molecular weight excluding hydrogens is 372 g/mol. The van der Waals surface area contributed by atoms with Crippen LogP contribution in [0.3, 0.4) is 0 Å². The third-order valence-corrected chi connectivity index (χ3v) is 5.32. The molecule has 0 saturated carbocycles. The summed E-state index contributed by atoms with van der Waals surface area (Å²) >= 11 is 6.53. The van der Waals surface area contributed by atoms with Gasteiger partial charge in [-0.25, -0.2) is 0 Å². The highest BCUT2D eigenvalue weighted by atomic mass is 32.2. The van der Waals surface area contributed by atoms with E-state index >= 15 is 0 Å². The molecule has 0 unspecified atom stereocenters. The summed E-state index contributed by atoms with van der Waals surface area (Å²) in [4.78, 5) is 28.3. The second-order valence-electron chi connectivity index (χ2n) is 5.55. The summed E-state index contributed by atoms with van der Waals surface area (Å²) in [6, 6.07) is 7.38. The van der Waals surface area contributed by atoms with Crippen LogP contribution < -0.4 is 4.74 Å². The zero-order chi connectivity index (χ0) is 19.1. The Morgan fingerprint density at radius 1 is 1.38 bits per heavy atom. The molecule has 1 N–H and O–H groups in total. The highest BCUT2D eigenvalue weighted by Crippen LogP contribution is 2.32. The molecule has 1 aliphatic rings. The maximum Gasteiger partial charge on any atom is 0.266 e. The Bertz CT molecular complexity index is 704. The second kappa shape index (κ2) is 9.70. The highest BCUT2D eigenvalue weighted by Gasteiger charge is 2.32. The summed E-state index contributed by atoms with van der Waals surface area (Å²) in [7, 11) is 1.60. The topological polar surface area (TPSA) is 70.1 Å². The van der Waals surface area contributed by atoms with Crippen molar-refractivity contribution in [2.45, 2.75) is 13.3 Å². The van der Waals surface area contributed by atoms with Gasteiger partial charge in [-0.3, -0.25) is 14.5 Å². The number of likely N-dealkylation sites (N-methyl/N-ethyl adjacent to an activating group) is 1. The van der Waals surface area contributed by atoms with Gasteiger partial charge in [0.15, 0.2) is 0 Å². The van der Waals surface area contributed by atoms with Crippen molar-refractivity contribution in [2.24, 2.45) is 0 Å². The minimum absolute atomic E-state index is 0.0781. The number of hydrogen-bond donors (Lipinski definition) is 1. The average Bonchev–Trinajstić information content (AvgIpc) is 2.91. The third-order valence-electron chi connectivity index (χ3n) is 3.94. The quantitative estimate of drug-likeness (QED) is 0.538. The summed E-state index contributed by atoms with van der Waals surface area (Å²) in [6.45, 7) is 2.83. The molecular formula is C18H22N2O4S2. The van der Waals surface area contributed by atoms with Crippen LogP contribution >= 0.6 is 24.0 Å². The first-order chi connectivity index (χ1) is 12.5. The number of rotatable bonds is 8. The lowest BCUT2D eigenvalue weighted by Gasteiger charge is -2.21. The molecule has 6 nitrogen and oxygen atoms in total. The van der Waals surface area contributed by atoms with Crippen LogP contribution in [-0.2, 0) is 9.59 Å². The number of methoxy groups -OCH3 is 1. The highest BCUT2D eigenvalue weighted by molar-refractivity contribution is 8.26. The van der Waals surface area contributed by atoms with Crippen molar-refractivity contribution in [2.75, 3.05) is 33.4 Å². The van der Waals surface area contributed by atoms with Gasteiger partial charge >= 0.3 is 0 Å². The molecule has 0 aromatic heterocycles. The first-order valence-electron chi connectivity index (χ1n) is 8.28. The number of aliphatic hydroxyl groups is 1. The maximum absolute atomic E-state index is 12.6. The van der Waals surface area contributed by atoms with E-state index in [0.717, 1.165) is 11.3 Å². The third kappa shape index (κ3) is 5.06. The van der Waals surface area contributed by atoms with Crippen LogP contribution in [0.1, 0.15) is 18.9 Å². The summed E-state index contributed by atoms with van der Waals surface area (Å²) in [6.07, 6.45) is 1.96. The minimum atomic E-state index is -0.186. The maximum atomic E-state index is 12.6. The van der Waals surface area contributed by atoms with E-state index in [-0.39, 0.29) is 31.4 Å². The lowest BCUT2D eigenvalue weighted by atomic mass is 10.2. The van der Waals surface area contributed by atoms with E-state index in [0.29, 0.717) is 22.3 Å². The van der Waals surface area contributed by atoms with E-state index < -0.39 is 0 Å². The number of benzene rings is 1. The Morgan fingerprint density at radius 3 is 2.65 bits per heavy atom. The van der Waals surface area contributed by atoms with Crippen LogP contribution in [0, 0.1) is 0 Å². The van der Waals surface area contributed by atoms with Crippen molar-refractivity contribution in [1.29, 1.82) is 0 Å². The van der Waals surface area contributed by atoms with E-state index in [1.807, 2.05) is 31.2 Å². The van der Waals surface area contributed by atoms with Gasteiger partial charge < -0.3 is 14.7 Å². The number of hydrogen-bond acceptors (Lipinski definition) is 6. The number of carbonyl (C=O) groups is 2. The monoisotopic (exact) mass is 394 g/mol. The van der Waals surface area contributed by atoms with Crippen molar-refractivity contribution >= 4 is 46.2 Å². The fourth-order valence-corrected chi connectivity index (χ4v) is 3.80. The number of nitrogens with zero attached hydrogens (tertiary/aromatic N) is 2. The smallest absolute Gasteiger partial charge is 0.266 e. The summed E-state index contributed by atoms with van der Waals surface area (Å²) in [5.74, 6) is 0.458. The van der Waals surface area contributed by atoms with Gasteiger partial charge in [0, 0.05) is 26.1 Å². The Kier molecular flexibility index (Phi) is 7.62. The number of thiocarbonyl (C=S) groups is 1. The lowest BCUT2D eigenvalue weighted by Crippen LogP contribution is -2.37.